The Kier molecular flexibility index (Phi) is 2.58. The van der Waals surface area contributed by atoms with Crippen LogP contribution in [0, 0.1) is 12.3 Å². The summed E-state index contributed by atoms with van der Waals surface area (Å²) in [7, 11) is 0. The first-order chi connectivity index (χ1) is 8.38. The van der Waals surface area contributed by atoms with E-state index in [2.05, 4.69) is 28.5 Å². The van der Waals surface area contributed by atoms with Gasteiger partial charge in [-0.15, -0.1) is 6.42 Å². The quantitative estimate of drug-likeness (QED) is 0.806. The first-order valence-electron chi connectivity index (χ1n) is 6.00. The topological polar surface area (TPSA) is 29.9 Å². The molecule has 17 heavy (non-hydrogen) atoms. The van der Waals surface area contributed by atoms with Gasteiger partial charge in [-0.05, 0) is 18.9 Å². The van der Waals surface area contributed by atoms with Crippen molar-refractivity contribution in [2.24, 2.45) is 0 Å². The molecule has 1 aromatic heterocycles. The summed E-state index contributed by atoms with van der Waals surface area (Å²) in [6, 6.07) is 8.95. The molecule has 0 aliphatic heterocycles. The van der Waals surface area contributed by atoms with E-state index in [0.29, 0.717) is 12.6 Å². The fourth-order valence-electron chi connectivity index (χ4n) is 2.06. The van der Waals surface area contributed by atoms with E-state index in [0.717, 1.165) is 17.8 Å². The Balaban J connectivity index is 1.95. The fraction of sp³-hybridized carbons (Fsp3) is 0.357. The Bertz CT molecular complexity index is 573. The Morgan fingerprint density at radius 3 is 3.00 bits per heavy atom. The number of hydrogen-bond acceptors (Lipinski definition) is 2. The molecular formula is C14H15N3. The molecule has 1 fully saturated rings. The van der Waals surface area contributed by atoms with Crippen molar-refractivity contribution in [3.8, 4) is 12.3 Å². The molecule has 1 heterocycles. The molecule has 1 saturated carbocycles. The first kappa shape index (κ1) is 10.4. The molecule has 3 heteroatoms. The molecule has 1 N–H and O–H groups in total. The van der Waals surface area contributed by atoms with E-state index in [-0.39, 0.29) is 0 Å². The molecule has 0 radical (unpaired) electrons. The number of terminal acetylenes is 1. The van der Waals surface area contributed by atoms with Gasteiger partial charge in [0, 0.05) is 18.0 Å². The molecule has 0 unspecified atom stereocenters. The molecule has 0 amide bonds. The highest BCUT2D eigenvalue weighted by Gasteiger charge is 2.21. The molecular weight excluding hydrogens is 210 g/mol. The van der Waals surface area contributed by atoms with Crippen LogP contribution in [0.1, 0.15) is 18.5 Å². The summed E-state index contributed by atoms with van der Waals surface area (Å²) in [5.41, 5.74) is 2.22. The minimum absolute atomic E-state index is 0.532. The zero-order valence-electron chi connectivity index (χ0n) is 9.69. The van der Waals surface area contributed by atoms with Crippen LogP contribution < -0.4 is 5.32 Å². The molecule has 2 aromatic rings. The van der Waals surface area contributed by atoms with Crippen molar-refractivity contribution < 1.29 is 0 Å². The van der Waals surface area contributed by atoms with Gasteiger partial charge >= 0.3 is 0 Å². The number of hydrogen-bond donors (Lipinski definition) is 1. The zero-order valence-corrected chi connectivity index (χ0v) is 9.69. The van der Waals surface area contributed by atoms with Gasteiger partial charge in [0.25, 0.3) is 0 Å². The Morgan fingerprint density at radius 2 is 2.24 bits per heavy atom. The number of nitrogens with one attached hydrogen (secondary N) is 1. The summed E-state index contributed by atoms with van der Waals surface area (Å²) >= 11 is 0. The third-order valence-electron chi connectivity index (χ3n) is 3.11. The Hall–Kier alpha value is -1.79. The SMILES string of the molecule is C#CCn1nc(CNC2CC2)c2ccccc21. The summed E-state index contributed by atoms with van der Waals surface area (Å²) in [6.45, 7) is 1.37. The summed E-state index contributed by atoms with van der Waals surface area (Å²) in [4.78, 5) is 0. The molecule has 3 rings (SSSR count). The highest BCUT2D eigenvalue weighted by atomic mass is 15.3. The van der Waals surface area contributed by atoms with Crippen molar-refractivity contribution in [3.63, 3.8) is 0 Å². The van der Waals surface area contributed by atoms with Gasteiger partial charge < -0.3 is 5.32 Å². The Labute approximate surface area is 101 Å². The predicted molar refractivity (Wildman–Crippen MR) is 68.4 cm³/mol. The first-order valence-corrected chi connectivity index (χ1v) is 6.00. The molecule has 0 spiro atoms. The van der Waals surface area contributed by atoms with Gasteiger partial charge in [0.1, 0.15) is 6.54 Å². The normalized spacial score (nSPS) is 15.0. The van der Waals surface area contributed by atoms with Gasteiger partial charge in [0.2, 0.25) is 0 Å². The highest BCUT2D eigenvalue weighted by molar-refractivity contribution is 5.82. The van der Waals surface area contributed by atoms with Gasteiger partial charge in [0.05, 0.1) is 11.2 Å². The lowest BCUT2D eigenvalue weighted by atomic mass is 10.2. The molecule has 86 valence electrons. The van der Waals surface area contributed by atoms with Crippen LogP contribution in [-0.2, 0) is 13.1 Å². The second kappa shape index (κ2) is 4.23. The monoisotopic (exact) mass is 225 g/mol. The molecule has 1 aromatic carbocycles. The van der Waals surface area contributed by atoms with Crippen LogP contribution in [0.25, 0.3) is 10.9 Å². The molecule has 1 aliphatic carbocycles. The average molecular weight is 225 g/mol. The standard InChI is InChI=1S/C14H15N3/c1-2-9-17-14-6-4-3-5-12(14)13(16-17)10-15-11-7-8-11/h1,3-6,11,15H,7-10H2. The lowest BCUT2D eigenvalue weighted by molar-refractivity contribution is 0.648. The molecule has 0 saturated heterocycles. The van der Waals surface area contributed by atoms with E-state index in [1.807, 2.05) is 16.8 Å². The fourth-order valence-corrected chi connectivity index (χ4v) is 2.06. The van der Waals surface area contributed by atoms with Gasteiger partial charge in [-0.1, -0.05) is 24.1 Å². The van der Waals surface area contributed by atoms with E-state index in [1.54, 1.807) is 0 Å². The molecule has 3 nitrogen and oxygen atoms in total. The van der Waals surface area contributed by atoms with E-state index < -0.39 is 0 Å². The van der Waals surface area contributed by atoms with Gasteiger partial charge in [-0.3, -0.25) is 4.68 Å². The summed E-state index contributed by atoms with van der Waals surface area (Å²) < 4.78 is 1.90. The van der Waals surface area contributed by atoms with Crippen LogP contribution in [0.3, 0.4) is 0 Å². The van der Waals surface area contributed by atoms with Crippen LogP contribution in [-0.4, -0.2) is 15.8 Å². The zero-order chi connectivity index (χ0) is 11.7. The summed E-state index contributed by atoms with van der Waals surface area (Å²) in [5, 5.41) is 9.29. The minimum Gasteiger partial charge on any atom is -0.308 e. The van der Waals surface area contributed by atoms with Gasteiger partial charge in [0.15, 0.2) is 0 Å². The van der Waals surface area contributed by atoms with Crippen molar-refractivity contribution in [1.82, 2.24) is 15.1 Å². The van der Waals surface area contributed by atoms with Crippen LogP contribution in [0.2, 0.25) is 0 Å². The van der Waals surface area contributed by atoms with Crippen molar-refractivity contribution in [1.29, 1.82) is 0 Å². The molecule has 0 bridgehead atoms. The predicted octanol–water partition coefficient (Wildman–Crippen LogP) is 1.92. The van der Waals surface area contributed by atoms with Crippen molar-refractivity contribution in [2.45, 2.75) is 32.0 Å². The van der Waals surface area contributed by atoms with Gasteiger partial charge in [-0.2, -0.15) is 5.10 Å². The second-order valence-corrected chi connectivity index (χ2v) is 4.48. The van der Waals surface area contributed by atoms with Crippen LogP contribution in [0.4, 0.5) is 0 Å². The Morgan fingerprint density at radius 1 is 1.41 bits per heavy atom. The summed E-state index contributed by atoms with van der Waals surface area (Å²) in [5.74, 6) is 2.65. The third kappa shape index (κ3) is 2.04. The van der Waals surface area contributed by atoms with Gasteiger partial charge in [-0.25, -0.2) is 0 Å². The number of aromatic nitrogens is 2. The largest absolute Gasteiger partial charge is 0.308 e. The maximum atomic E-state index is 5.37. The van der Waals surface area contributed by atoms with E-state index in [4.69, 9.17) is 6.42 Å². The number of benzene rings is 1. The van der Waals surface area contributed by atoms with E-state index in [1.165, 1.54) is 18.2 Å². The molecule has 0 atom stereocenters. The van der Waals surface area contributed by atoms with Crippen LogP contribution >= 0.6 is 0 Å². The number of para-hydroxylation sites is 1. The van der Waals surface area contributed by atoms with Crippen molar-refractivity contribution >= 4 is 10.9 Å². The maximum Gasteiger partial charge on any atom is 0.102 e. The molecule has 1 aliphatic rings. The second-order valence-electron chi connectivity index (χ2n) is 4.48. The highest BCUT2D eigenvalue weighted by Crippen LogP contribution is 2.22. The lowest BCUT2D eigenvalue weighted by Gasteiger charge is -1.98. The van der Waals surface area contributed by atoms with Crippen molar-refractivity contribution in [2.75, 3.05) is 0 Å². The minimum atomic E-state index is 0.532. The van der Waals surface area contributed by atoms with Crippen LogP contribution in [0.15, 0.2) is 24.3 Å². The average Bonchev–Trinajstić information content (AvgIpc) is 3.12. The van der Waals surface area contributed by atoms with Crippen LogP contribution in [0.5, 0.6) is 0 Å². The van der Waals surface area contributed by atoms with E-state index >= 15 is 0 Å². The lowest BCUT2D eigenvalue weighted by Crippen LogP contribution is -2.16. The third-order valence-corrected chi connectivity index (χ3v) is 3.11. The maximum absolute atomic E-state index is 5.37. The number of nitrogens with zero attached hydrogens (tertiary/aromatic N) is 2. The van der Waals surface area contributed by atoms with Crippen molar-refractivity contribution in [3.05, 3.63) is 30.0 Å². The smallest absolute Gasteiger partial charge is 0.102 e. The summed E-state index contributed by atoms with van der Waals surface area (Å²) in [6.07, 6.45) is 7.96. The van der Waals surface area contributed by atoms with E-state index in [9.17, 15) is 0 Å². The number of fused-ring (bicyclic) bond motifs is 1. The number of rotatable bonds is 4.